The van der Waals surface area contributed by atoms with Crippen molar-refractivity contribution in [3.05, 3.63) is 29.3 Å². The van der Waals surface area contributed by atoms with Crippen LogP contribution in [0.1, 0.15) is 44.0 Å². The van der Waals surface area contributed by atoms with E-state index in [0.29, 0.717) is 5.56 Å². The van der Waals surface area contributed by atoms with E-state index < -0.39 is 6.17 Å². The number of hydrogen-bond donors (Lipinski definition) is 2. The van der Waals surface area contributed by atoms with Crippen molar-refractivity contribution < 1.29 is 9.50 Å². The van der Waals surface area contributed by atoms with Crippen LogP contribution in [-0.2, 0) is 5.41 Å². The molecule has 1 aliphatic rings. The number of benzene rings is 1. The van der Waals surface area contributed by atoms with Gasteiger partial charge in [-0.15, -0.1) is 0 Å². The average molecular weight is 223 g/mol. The number of aromatic hydroxyl groups is 1. The third-order valence-corrected chi connectivity index (χ3v) is 3.69. The van der Waals surface area contributed by atoms with E-state index in [9.17, 15) is 9.50 Å². The second-order valence-corrected chi connectivity index (χ2v) is 4.83. The van der Waals surface area contributed by atoms with Crippen molar-refractivity contribution in [1.29, 1.82) is 0 Å². The largest absolute Gasteiger partial charge is 0.508 e. The number of phenols is 1. The molecule has 16 heavy (non-hydrogen) atoms. The summed E-state index contributed by atoms with van der Waals surface area (Å²) in [6.45, 7) is 3.42. The topological polar surface area (TPSA) is 46.2 Å². The van der Waals surface area contributed by atoms with Gasteiger partial charge in [-0.25, -0.2) is 4.39 Å². The molecule has 1 saturated carbocycles. The van der Waals surface area contributed by atoms with Crippen LogP contribution in [0.4, 0.5) is 4.39 Å². The molecule has 2 unspecified atom stereocenters. The number of rotatable bonds is 3. The first-order valence-corrected chi connectivity index (χ1v) is 5.70. The van der Waals surface area contributed by atoms with Crippen LogP contribution in [0.2, 0.25) is 0 Å². The molecular weight excluding hydrogens is 205 g/mol. The zero-order valence-electron chi connectivity index (χ0n) is 9.70. The van der Waals surface area contributed by atoms with Gasteiger partial charge < -0.3 is 10.8 Å². The Labute approximate surface area is 95.3 Å². The molecular formula is C13H18FNO. The van der Waals surface area contributed by atoms with Crippen molar-refractivity contribution in [1.82, 2.24) is 0 Å². The van der Waals surface area contributed by atoms with E-state index in [1.165, 1.54) is 6.92 Å². The van der Waals surface area contributed by atoms with Crippen LogP contribution >= 0.6 is 0 Å². The van der Waals surface area contributed by atoms with Crippen LogP contribution in [0.3, 0.4) is 0 Å². The number of alkyl halides is 1. The molecule has 2 nitrogen and oxygen atoms in total. The Balaban J connectivity index is 2.40. The van der Waals surface area contributed by atoms with Gasteiger partial charge in [-0.1, -0.05) is 6.07 Å². The SMILES string of the molecule is CC(F)c1cc(C2(C(C)N)CC2)ccc1O. The van der Waals surface area contributed by atoms with Crippen LogP contribution in [0.15, 0.2) is 18.2 Å². The summed E-state index contributed by atoms with van der Waals surface area (Å²) in [4.78, 5) is 0. The van der Waals surface area contributed by atoms with Gasteiger partial charge in [-0.05, 0) is 44.4 Å². The Morgan fingerprint density at radius 3 is 2.44 bits per heavy atom. The molecule has 0 spiro atoms. The molecule has 2 rings (SSSR count). The van der Waals surface area contributed by atoms with Crippen molar-refractivity contribution in [2.24, 2.45) is 5.73 Å². The van der Waals surface area contributed by atoms with Crippen LogP contribution in [0.25, 0.3) is 0 Å². The maximum absolute atomic E-state index is 13.3. The molecule has 0 radical (unpaired) electrons. The standard InChI is InChI=1S/C13H18FNO/c1-8(14)11-7-10(3-4-12(11)16)13(5-6-13)9(2)15/h3-4,7-9,16H,5-6,15H2,1-2H3. The lowest BCUT2D eigenvalue weighted by molar-refractivity contribution is 0.355. The zero-order chi connectivity index (χ0) is 11.9. The van der Waals surface area contributed by atoms with Gasteiger partial charge in [0.25, 0.3) is 0 Å². The molecule has 1 aromatic rings. The fourth-order valence-corrected chi connectivity index (χ4v) is 2.32. The summed E-state index contributed by atoms with van der Waals surface area (Å²) in [6, 6.07) is 5.26. The minimum atomic E-state index is -1.15. The van der Waals surface area contributed by atoms with Crippen LogP contribution in [0.5, 0.6) is 5.75 Å². The summed E-state index contributed by atoms with van der Waals surface area (Å²) < 4.78 is 13.3. The van der Waals surface area contributed by atoms with Crippen LogP contribution < -0.4 is 5.73 Å². The zero-order valence-corrected chi connectivity index (χ0v) is 9.70. The first-order chi connectivity index (χ1) is 7.47. The second kappa shape index (κ2) is 3.74. The van der Waals surface area contributed by atoms with E-state index in [0.717, 1.165) is 18.4 Å². The fourth-order valence-electron chi connectivity index (χ4n) is 2.32. The van der Waals surface area contributed by atoms with Crippen molar-refractivity contribution in [2.75, 3.05) is 0 Å². The van der Waals surface area contributed by atoms with Crippen molar-refractivity contribution in [3.8, 4) is 5.75 Å². The smallest absolute Gasteiger partial charge is 0.126 e. The Kier molecular flexibility index (Phi) is 2.66. The number of hydrogen-bond acceptors (Lipinski definition) is 2. The normalized spacial score (nSPS) is 21.5. The predicted molar refractivity (Wildman–Crippen MR) is 62.2 cm³/mol. The van der Waals surface area contributed by atoms with E-state index in [1.54, 1.807) is 12.1 Å². The van der Waals surface area contributed by atoms with E-state index in [1.807, 2.05) is 13.0 Å². The van der Waals surface area contributed by atoms with Gasteiger partial charge in [0, 0.05) is 17.0 Å². The highest BCUT2D eigenvalue weighted by Crippen LogP contribution is 2.51. The highest BCUT2D eigenvalue weighted by Gasteiger charge is 2.47. The lowest BCUT2D eigenvalue weighted by Gasteiger charge is -2.21. The van der Waals surface area contributed by atoms with E-state index in [2.05, 4.69) is 0 Å². The molecule has 2 atom stereocenters. The minimum Gasteiger partial charge on any atom is -0.508 e. The molecule has 1 fully saturated rings. The molecule has 0 amide bonds. The number of halogens is 1. The average Bonchev–Trinajstić information content (AvgIpc) is 2.98. The Morgan fingerprint density at radius 2 is 2.00 bits per heavy atom. The molecule has 0 heterocycles. The summed E-state index contributed by atoms with van der Waals surface area (Å²) in [5, 5.41) is 9.56. The predicted octanol–water partition coefficient (Wildman–Crippen LogP) is 2.80. The van der Waals surface area contributed by atoms with E-state index in [4.69, 9.17) is 5.73 Å². The quantitative estimate of drug-likeness (QED) is 0.827. The van der Waals surface area contributed by atoms with Gasteiger partial charge >= 0.3 is 0 Å². The maximum Gasteiger partial charge on any atom is 0.126 e. The molecule has 88 valence electrons. The van der Waals surface area contributed by atoms with E-state index >= 15 is 0 Å². The van der Waals surface area contributed by atoms with Gasteiger partial charge in [0.05, 0.1) is 0 Å². The van der Waals surface area contributed by atoms with Crippen molar-refractivity contribution >= 4 is 0 Å². The highest BCUT2D eigenvalue weighted by molar-refractivity contribution is 5.43. The molecule has 3 N–H and O–H groups in total. The third kappa shape index (κ3) is 1.69. The molecule has 1 aromatic carbocycles. The first-order valence-electron chi connectivity index (χ1n) is 5.70. The van der Waals surface area contributed by atoms with Gasteiger partial charge in [-0.3, -0.25) is 0 Å². The lowest BCUT2D eigenvalue weighted by Crippen LogP contribution is -2.31. The monoisotopic (exact) mass is 223 g/mol. The molecule has 1 aliphatic carbocycles. The summed E-state index contributed by atoms with van der Waals surface area (Å²) >= 11 is 0. The second-order valence-electron chi connectivity index (χ2n) is 4.83. The fraction of sp³-hybridized carbons (Fsp3) is 0.538. The molecule has 0 aliphatic heterocycles. The summed E-state index contributed by atoms with van der Waals surface area (Å²) in [5.74, 6) is 0.0271. The van der Waals surface area contributed by atoms with Gasteiger partial charge in [-0.2, -0.15) is 0 Å². The Hall–Kier alpha value is -1.09. The third-order valence-electron chi connectivity index (χ3n) is 3.69. The summed E-state index contributed by atoms with van der Waals surface area (Å²) in [5.41, 5.74) is 7.40. The van der Waals surface area contributed by atoms with Crippen LogP contribution in [-0.4, -0.2) is 11.1 Å². The maximum atomic E-state index is 13.3. The lowest BCUT2D eigenvalue weighted by atomic mass is 9.88. The van der Waals surface area contributed by atoms with Crippen molar-refractivity contribution in [2.45, 2.75) is 44.3 Å². The van der Waals surface area contributed by atoms with Gasteiger partial charge in [0.2, 0.25) is 0 Å². The summed E-state index contributed by atoms with van der Waals surface area (Å²) in [7, 11) is 0. The van der Waals surface area contributed by atoms with Crippen molar-refractivity contribution in [3.63, 3.8) is 0 Å². The Bertz CT molecular complexity index is 397. The molecule has 0 saturated heterocycles. The molecule has 3 heteroatoms. The molecule has 0 aromatic heterocycles. The minimum absolute atomic E-state index is 0.0112. The first kappa shape index (κ1) is 11.4. The van der Waals surface area contributed by atoms with Gasteiger partial charge in [0.15, 0.2) is 0 Å². The van der Waals surface area contributed by atoms with Crippen LogP contribution in [0, 0.1) is 0 Å². The van der Waals surface area contributed by atoms with Gasteiger partial charge in [0.1, 0.15) is 11.9 Å². The Morgan fingerprint density at radius 1 is 1.38 bits per heavy atom. The number of phenolic OH excluding ortho intramolecular Hbond substituents is 1. The van der Waals surface area contributed by atoms with E-state index in [-0.39, 0.29) is 17.2 Å². The molecule has 0 bridgehead atoms. The summed E-state index contributed by atoms with van der Waals surface area (Å²) in [6.07, 6.45) is 0.953. The highest BCUT2D eigenvalue weighted by atomic mass is 19.1. The number of nitrogens with two attached hydrogens (primary N) is 1.